The normalized spacial score (nSPS) is 13.7. The van der Waals surface area contributed by atoms with Gasteiger partial charge in [0.2, 0.25) is 0 Å². The number of rotatable bonds is 19. The number of carbonyl (C=O) groups excluding carboxylic acids is 2. The first-order valence-electron chi connectivity index (χ1n) is 16.9. The van der Waals surface area contributed by atoms with Crippen LogP contribution in [0.1, 0.15) is 88.8 Å². The third kappa shape index (κ3) is 11.8. The molecule has 4 rings (SSSR count). The number of cyclic esters (lactones) is 2. The van der Waals surface area contributed by atoms with Gasteiger partial charge in [-0.1, -0.05) is 101 Å². The lowest BCUT2D eigenvalue weighted by atomic mass is 9.93. The van der Waals surface area contributed by atoms with Gasteiger partial charge in [0, 0.05) is 11.1 Å². The summed E-state index contributed by atoms with van der Waals surface area (Å²) >= 11 is 0. The van der Waals surface area contributed by atoms with E-state index in [0.29, 0.717) is 23.5 Å². The van der Waals surface area contributed by atoms with Crippen LogP contribution in [0.3, 0.4) is 0 Å². The average Bonchev–Trinajstić information content (AvgIpc) is 3.09. The van der Waals surface area contributed by atoms with Gasteiger partial charge >= 0.3 is 12.1 Å². The van der Waals surface area contributed by atoms with E-state index in [9.17, 15) is 9.59 Å². The van der Waals surface area contributed by atoms with E-state index < -0.39 is 17.5 Å². The van der Waals surface area contributed by atoms with Crippen molar-refractivity contribution in [1.29, 1.82) is 0 Å². The highest BCUT2D eigenvalue weighted by Gasteiger charge is 2.34. The Balaban J connectivity index is 1.30. The standard InChI is InChI=1S/C40H50O7/c1-5-6-7-8-9-10-11-12-13-31-14-16-32(17-15-31)25-43-36-21-18-33(19-22-36)34-20-23-37(35(24-34)26-44-38(41)30(2)3)45-27-40(4)28-46-39(42)47-29-40/h14-24H,2,5-13,25-29H2,1,3-4H3. The van der Waals surface area contributed by atoms with Crippen LogP contribution in [0.25, 0.3) is 11.1 Å². The van der Waals surface area contributed by atoms with Crippen molar-refractivity contribution < 1.29 is 33.3 Å². The van der Waals surface area contributed by atoms with Crippen molar-refractivity contribution in [3.63, 3.8) is 0 Å². The lowest BCUT2D eigenvalue weighted by molar-refractivity contribution is -0.140. The zero-order chi connectivity index (χ0) is 33.5. The van der Waals surface area contributed by atoms with Crippen molar-refractivity contribution in [1.82, 2.24) is 0 Å². The van der Waals surface area contributed by atoms with E-state index in [2.05, 4.69) is 37.8 Å². The van der Waals surface area contributed by atoms with Gasteiger partial charge < -0.3 is 23.7 Å². The average molecular weight is 643 g/mol. The minimum atomic E-state index is -0.672. The number of hydrogen-bond acceptors (Lipinski definition) is 7. The highest BCUT2D eigenvalue weighted by molar-refractivity contribution is 5.87. The quantitative estimate of drug-likeness (QED) is 0.0731. The first-order valence-corrected chi connectivity index (χ1v) is 16.9. The molecule has 0 atom stereocenters. The largest absolute Gasteiger partial charge is 0.508 e. The minimum absolute atomic E-state index is 0.0240. The molecule has 0 aliphatic carbocycles. The fourth-order valence-electron chi connectivity index (χ4n) is 5.34. The van der Waals surface area contributed by atoms with Crippen molar-refractivity contribution in [2.75, 3.05) is 19.8 Å². The predicted octanol–water partition coefficient (Wildman–Crippen LogP) is 9.79. The first-order chi connectivity index (χ1) is 22.7. The Bertz CT molecular complexity index is 1430. The zero-order valence-corrected chi connectivity index (χ0v) is 28.3. The summed E-state index contributed by atoms with van der Waals surface area (Å²) in [6.07, 6.45) is 11.2. The Labute approximate surface area is 280 Å². The molecule has 0 radical (unpaired) electrons. The van der Waals surface area contributed by atoms with Gasteiger partial charge in [-0.15, -0.1) is 0 Å². The number of aryl methyl sites for hydroxylation is 1. The lowest BCUT2D eigenvalue weighted by Crippen LogP contribution is -2.41. The monoisotopic (exact) mass is 642 g/mol. The molecule has 7 heteroatoms. The van der Waals surface area contributed by atoms with Crippen LogP contribution in [0.5, 0.6) is 11.5 Å². The Kier molecular flexibility index (Phi) is 13.8. The van der Waals surface area contributed by atoms with Gasteiger partial charge in [0.25, 0.3) is 0 Å². The van der Waals surface area contributed by atoms with E-state index in [1.807, 2.05) is 49.4 Å². The summed E-state index contributed by atoms with van der Waals surface area (Å²) in [5.74, 6) is 0.890. The molecule has 47 heavy (non-hydrogen) atoms. The number of hydrogen-bond donors (Lipinski definition) is 0. The van der Waals surface area contributed by atoms with Crippen molar-refractivity contribution in [3.8, 4) is 22.6 Å². The van der Waals surface area contributed by atoms with E-state index in [-0.39, 0.29) is 26.4 Å². The highest BCUT2D eigenvalue weighted by atomic mass is 16.7. The van der Waals surface area contributed by atoms with Crippen molar-refractivity contribution in [2.45, 2.75) is 91.8 Å². The first kappa shape index (κ1) is 35.6. The SMILES string of the molecule is C=C(C)C(=O)OCc1cc(-c2ccc(OCc3ccc(CCCCCCCCCC)cc3)cc2)ccc1OCC1(C)COC(=O)OC1. The minimum Gasteiger partial charge on any atom is -0.492 e. The molecule has 1 heterocycles. The number of ether oxygens (including phenoxy) is 5. The Morgan fingerprint density at radius 1 is 0.787 bits per heavy atom. The predicted molar refractivity (Wildman–Crippen MR) is 184 cm³/mol. The maximum Gasteiger partial charge on any atom is 0.508 e. The molecular formula is C40H50O7. The number of carbonyl (C=O) groups is 2. The van der Waals surface area contributed by atoms with E-state index in [4.69, 9.17) is 23.7 Å². The van der Waals surface area contributed by atoms with Crippen LogP contribution in [-0.4, -0.2) is 31.9 Å². The Hall–Kier alpha value is -4.26. The second kappa shape index (κ2) is 18.2. The van der Waals surface area contributed by atoms with Gasteiger partial charge in [-0.05, 0) is 73.2 Å². The second-order valence-electron chi connectivity index (χ2n) is 13.0. The third-order valence-corrected chi connectivity index (χ3v) is 8.36. The molecular weight excluding hydrogens is 592 g/mol. The highest BCUT2D eigenvalue weighted by Crippen LogP contribution is 2.31. The summed E-state index contributed by atoms with van der Waals surface area (Å²) < 4.78 is 27.8. The fourth-order valence-corrected chi connectivity index (χ4v) is 5.34. The summed E-state index contributed by atoms with van der Waals surface area (Å²) in [4.78, 5) is 23.5. The molecule has 1 fully saturated rings. The summed E-state index contributed by atoms with van der Waals surface area (Å²) in [5.41, 5.74) is 4.99. The van der Waals surface area contributed by atoms with Gasteiger partial charge in [0.15, 0.2) is 0 Å². The van der Waals surface area contributed by atoms with Crippen LogP contribution in [0.15, 0.2) is 78.9 Å². The molecule has 252 valence electrons. The van der Waals surface area contributed by atoms with Crippen molar-refractivity contribution in [2.24, 2.45) is 5.41 Å². The fraction of sp³-hybridized carbons (Fsp3) is 0.450. The Morgan fingerprint density at radius 3 is 2.06 bits per heavy atom. The Morgan fingerprint density at radius 2 is 1.40 bits per heavy atom. The van der Waals surface area contributed by atoms with Crippen LogP contribution in [0, 0.1) is 5.41 Å². The molecule has 3 aromatic carbocycles. The van der Waals surface area contributed by atoms with Gasteiger partial charge in [0.05, 0.1) is 5.41 Å². The molecule has 0 bridgehead atoms. The van der Waals surface area contributed by atoms with Crippen LogP contribution in [-0.2, 0) is 38.6 Å². The van der Waals surface area contributed by atoms with Crippen LogP contribution >= 0.6 is 0 Å². The smallest absolute Gasteiger partial charge is 0.492 e. The van der Waals surface area contributed by atoms with Gasteiger partial charge in [0.1, 0.15) is 44.5 Å². The molecule has 1 aliphatic heterocycles. The van der Waals surface area contributed by atoms with Crippen molar-refractivity contribution >= 4 is 12.1 Å². The molecule has 0 amide bonds. The molecule has 1 aliphatic rings. The van der Waals surface area contributed by atoms with E-state index in [1.54, 1.807) is 6.92 Å². The molecule has 7 nitrogen and oxygen atoms in total. The van der Waals surface area contributed by atoms with E-state index in [0.717, 1.165) is 28.9 Å². The topological polar surface area (TPSA) is 80.3 Å². The second-order valence-corrected chi connectivity index (χ2v) is 13.0. The molecule has 0 aromatic heterocycles. The molecule has 0 unspecified atom stereocenters. The van der Waals surface area contributed by atoms with Crippen LogP contribution < -0.4 is 9.47 Å². The summed E-state index contributed by atoms with van der Waals surface area (Å²) in [7, 11) is 0. The summed E-state index contributed by atoms with van der Waals surface area (Å²) in [5, 5.41) is 0. The van der Waals surface area contributed by atoms with Crippen molar-refractivity contribution in [3.05, 3.63) is 95.6 Å². The number of benzene rings is 3. The van der Waals surface area contributed by atoms with E-state index in [1.165, 1.54) is 56.9 Å². The number of unbranched alkanes of at least 4 members (excludes halogenated alkanes) is 7. The molecule has 0 spiro atoms. The molecule has 3 aromatic rings. The molecule has 0 saturated carbocycles. The van der Waals surface area contributed by atoms with Crippen LogP contribution in [0.2, 0.25) is 0 Å². The summed E-state index contributed by atoms with van der Waals surface area (Å²) in [6, 6.07) is 22.5. The van der Waals surface area contributed by atoms with Crippen LogP contribution in [0.4, 0.5) is 4.79 Å². The number of esters is 1. The van der Waals surface area contributed by atoms with Gasteiger partial charge in [-0.3, -0.25) is 0 Å². The van der Waals surface area contributed by atoms with E-state index >= 15 is 0 Å². The maximum absolute atomic E-state index is 12.1. The zero-order valence-electron chi connectivity index (χ0n) is 28.3. The lowest BCUT2D eigenvalue weighted by Gasteiger charge is -2.32. The molecule has 0 N–H and O–H groups in total. The van der Waals surface area contributed by atoms with Gasteiger partial charge in [-0.25, -0.2) is 9.59 Å². The third-order valence-electron chi connectivity index (χ3n) is 8.36. The molecule has 1 saturated heterocycles. The maximum atomic E-state index is 12.1. The van der Waals surface area contributed by atoms with Gasteiger partial charge in [-0.2, -0.15) is 0 Å². The summed E-state index contributed by atoms with van der Waals surface area (Å²) in [6.45, 7) is 10.6.